The van der Waals surface area contributed by atoms with E-state index in [1.165, 1.54) is 32.2 Å². The summed E-state index contributed by atoms with van der Waals surface area (Å²) in [6.07, 6.45) is -0.644. The lowest BCUT2D eigenvalue weighted by molar-refractivity contribution is -0.384. The third kappa shape index (κ3) is 7.14. The molecule has 0 spiro atoms. The highest BCUT2D eigenvalue weighted by Crippen LogP contribution is 2.29. The van der Waals surface area contributed by atoms with Crippen LogP contribution in [0.1, 0.15) is 25.3 Å². The van der Waals surface area contributed by atoms with E-state index in [0.717, 1.165) is 5.56 Å². The van der Waals surface area contributed by atoms with Gasteiger partial charge in [-0.05, 0) is 50.1 Å². The van der Waals surface area contributed by atoms with Gasteiger partial charge in [0.25, 0.3) is 11.6 Å². The molecule has 1 unspecified atom stereocenters. The van der Waals surface area contributed by atoms with Crippen LogP contribution in [-0.2, 0) is 14.3 Å². The number of aryl methyl sites for hydroxylation is 1. The predicted octanol–water partition coefficient (Wildman–Crippen LogP) is 4.29. The number of nitrogens with one attached hydrogen (secondary N) is 1. The average molecular weight is 451 g/mol. The fourth-order valence-corrected chi connectivity index (χ4v) is 2.68. The van der Waals surface area contributed by atoms with E-state index in [1.807, 2.05) is 6.92 Å². The Kier molecular flexibility index (Phi) is 8.63. The number of amides is 1. The Morgan fingerprint density at radius 3 is 2.61 bits per heavy atom. The van der Waals surface area contributed by atoms with Crippen LogP contribution in [0.25, 0.3) is 0 Å². The van der Waals surface area contributed by atoms with E-state index in [9.17, 15) is 19.7 Å². The first-order valence-electron chi connectivity index (χ1n) is 9.43. The quantitative estimate of drug-likeness (QED) is 0.248. The largest absolute Gasteiger partial charge is 0.495 e. The van der Waals surface area contributed by atoms with E-state index in [0.29, 0.717) is 23.8 Å². The molecule has 2 aromatic rings. The zero-order valence-electron chi connectivity index (χ0n) is 17.3. The fraction of sp³-hybridized carbons (Fsp3) is 0.333. The van der Waals surface area contributed by atoms with Crippen molar-refractivity contribution in [3.05, 3.63) is 57.1 Å². The van der Waals surface area contributed by atoms with Crippen LogP contribution in [0, 0.1) is 17.0 Å². The molecule has 31 heavy (non-hydrogen) atoms. The molecule has 0 bridgehead atoms. The number of non-ortho nitro benzene ring substituents is 1. The standard InChI is InChI=1S/C21H23ClN2O7/c1-13-11-16(7-8-17(13)22)30-10-4-5-20(25)31-14(2)21(26)23-18-12-15(24(27)28)6-9-19(18)29-3/h6-9,11-12,14H,4-5,10H2,1-3H3,(H,23,26). The van der Waals surface area contributed by atoms with Crippen molar-refractivity contribution in [1.29, 1.82) is 0 Å². The molecular formula is C21H23ClN2O7. The second kappa shape index (κ2) is 11.2. The van der Waals surface area contributed by atoms with Gasteiger partial charge in [-0.3, -0.25) is 19.7 Å². The molecule has 166 valence electrons. The summed E-state index contributed by atoms with van der Waals surface area (Å²) in [4.78, 5) is 34.7. The number of nitrogens with zero attached hydrogens (tertiary/aromatic N) is 1. The van der Waals surface area contributed by atoms with Crippen molar-refractivity contribution in [2.75, 3.05) is 19.0 Å². The molecule has 1 amide bonds. The zero-order valence-corrected chi connectivity index (χ0v) is 18.1. The van der Waals surface area contributed by atoms with Gasteiger partial charge in [0.1, 0.15) is 11.5 Å². The first-order chi connectivity index (χ1) is 14.7. The van der Waals surface area contributed by atoms with Gasteiger partial charge in [0.15, 0.2) is 6.10 Å². The predicted molar refractivity (Wildman–Crippen MR) is 115 cm³/mol. The van der Waals surface area contributed by atoms with Gasteiger partial charge in [0.2, 0.25) is 0 Å². The summed E-state index contributed by atoms with van der Waals surface area (Å²) in [5.41, 5.74) is 0.784. The maximum atomic E-state index is 12.3. The third-order valence-electron chi connectivity index (χ3n) is 4.25. The number of halogens is 1. The average Bonchev–Trinajstić information content (AvgIpc) is 2.73. The number of nitro groups is 1. The van der Waals surface area contributed by atoms with E-state index < -0.39 is 22.9 Å². The van der Waals surface area contributed by atoms with Gasteiger partial charge in [-0.2, -0.15) is 0 Å². The molecule has 0 radical (unpaired) electrons. The first kappa shape index (κ1) is 23.9. The maximum absolute atomic E-state index is 12.3. The molecular weight excluding hydrogens is 428 g/mol. The van der Waals surface area contributed by atoms with E-state index in [2.05, 4.69) is 5.32 Å². The summed E-state index contributed by atoms with van der Waals surface area (Å²) in [6.45, 7) is 3.56. The highest BCUT2D eigenvalue weighted by atomic mass is 35.5. The van der Waals surface area contributed by atoms with Gasteiger partial charge < -0.3 is 19.5 Å². The van der Waals surface area contributed by atoms with Crippen LogP contribution >= 0.6 is 11.6 Å². The van der Waals surface area contributed by atoms with Crippen molar-refractivity contribution in [2.45, 2.75) is 32.8 Å². The molecule has 2 aromatic carbocycles. The van der Waals surface area contributed by atoms with Gasteiger partial charge in [-0.25, -0.2) is 0 Å². The summed E-state index contributed by atoms with van der Waals surface area (Å²) < 4.78 is 15.8. The van der Waals surface area contributed by atoms with Gasteiger partial charge >= 0.3 is 5.97 Å². The number of rotatable bonds is 10. The molecule has 2 rings (SSSR count). The summed E-state index contributed by atoms with van der Waals surface area (Å²) >= 11 is 5.96. The fourth-order valence-electron chi connectivity index (χ4n) is 2.56. The minimum Gasteiger partial charge on any atom is -0.495 e. The van der Waals surface area contributed by atoms with Gasteiger partial charge in [0.05, 0.1) is 24.3 Å². The van der Waals surface area contributed by atoms with Crippen LogP contribution in [0.3, 0.4) is 0 Å². The van der Waals surface area contributed by atoms with E-state index in [1.54, 1.807) is 18.2 Å². The Labute approximate surface area is 184 Å². The number of carbonyl (C=O) groups is 2. The van der Waals surface area contributed by atoms with Crippen LogP contribution in [0.15, 0.2) is 36.4 Å². The van der Waals surface area contributed by atoms with Gasteiger partial charge in [-0.15, -0.1) is 0 Å². The van der Waals surface area contributed by atoms with Crippen LogP contribution in [-0.4, -0.2) is 36.6 Å². The summed E-state index contributed by atoms with van der Waals surface area (Å²) in [7, 11) is 1.37. The first-order valence-corrected chi connectivity index (χ1v) is 9.80. The lowest BCUT2D eigenvalue weighted by Gasteiger charge is -2.15. The summed E-state index contributed by atoms with van der Waals surface area (Å²) in [5.74, 6) is -0.314. The van der Waals surface area contributed by atoms with Crippen molar-refractivity contribution < 1.29 is 28.7 Å². The number of nitro benzene ring substituents is 1. The number of hydrogen-bond acceptors (Lipinski definition) is 7. The maximum Gasteiger partial charge on any atom is 0.306 e. The van der Waals surface area contributed by atoms with Gasteiger partial charge in [0, 0.05) is 23.6 Å². The molecule has 1 N–H and O–H groups in total. The molecule has 0 aliphatic carbocycles. The zero-order chi connectivity index (χ0) is 23.0. The number of carbonyl (C=O) groups excluding carboxylic acids is 2. The number of hydrogen-bond donors (Lipinski definition) is 1. The number of ether oxygens (including phenoxy) is 3. The Balaban J connectivity index is 1.81. The minimum absolute atomic E-state index is 0.0598. The van der Waals surface area contributed by atoms with E-state index >= 15 is 0 Å². The molecule has 0 fully saturated rings. The van der Waals surface area contributed by atoms with Gasteiger partial charge in [-0.1, -0.05) is 11.6 Å². The van der Waals surface area contributed by atoms with Crippen LogP contribution in [0.2, 0.25) is 5.02 Å². The SMILES string of the molecule is COc1ccc([N+](=O)[O-])cc1NC(=O)C(C)OC(=O)CCCOc1ccc(Cl)c(C)c1. The molecule has 1 atom stereocenters. The Hall–Kier alpha value is -3.33. The number of esters is 1. The second-order valence-electron chi connectivity index (χ2n) is 6.63. The second-order valence-corrected chi connectivity index (χ2v) is 7.03. The molecule has 0 aliphatic heterocycles. The lowest BCUT2D eigenvalue weighted by atomic mass is 10.2. The van der Waals surface area contributed by atoms with Crippen molar-refractivity contribution in [3.8, 4) is 11.5 Å². The summed E-state index contributed by atoms with van der Waals surface area (Å²) in [5, 5.41) is 14.1. The highest BCUT2D eigenvalue weighted by Gasteiger charge is 2.20. The molecule has 9 nitrogen and oxygen atoms in total. The Bertz CT molecular complexity index is 965. The monoisotopic (exact) mass is 450 g/mol. The number of methoxy groups -OCH3 is 1. The molecule has 0 aliphatic rings. The number of anilines is 1. The van der Waals surface area contributed by atoms with Crippen LogP contribution < -0.4 is 14.8 Å². The molecule has 0 saturated heterocycles. The van der Waals surface area contributed by atoms with Crippen molar-refractivity contribution in [3.63, 3.8) is 0 Å². The summed E-state index contributed by atoms with van der Waals surface area (Å²) in [6, 6.07) is 9.06. The van der Waals surface area contributed by atoms with Crippen LogP contribution in [0.5, 0.6) is 11.5 Å². The molecule has 0 heterocycles. The number of benzene rings is 2. The van der Waals surface area contributed by atoms with Crippen molar-refractivity contribution >= 4 is 34.9 Å². The van der Waals surface area contributed by atoms with E-state index in [4.69, 9.17) is 25.8 Å². The Morgan fingerprint density at radius 2 is 1.97 bits per heavy atom. The molecule has 0 aromatic heterocycles. The topological polar surface area (TPSA) is 117 Å². The van der Waals surface area contributed by atoms with Crippen molar-refractivity contribution in [2.24, 2.45) is 0 Å². The van der Waals surface area contributed by atoms with Crippen LogP contribution in [0.4, 0.5) is 11.4 Å². The third-order valence-corrected chi connectivity index (χ3v) is 4.68. The highest BCUT2D eigenvalue weighted by molar-refractivity contribution is 6.31. The van der Waals surface area contributed by atoms with E-state index in [-0.39, 0.29) is 23.5 Å². The normalized spacial score (nSPS) is 11.4. The van der Waals surface area contributed by atoms with Crippen molar-refractivity contribution in [1.82, 2.24) is 0 Å². The smallest absolute Gasteiger partial charge is 0.306 e. The lowest BCUT2D eigenvalue weighted by Crippen LogP contribution is -2.30. The Morgan fingerprint density at radius 1 is 1.23 bits per heavy atom. The molecule has 10 heteroatoms. The molecule has 0 saturated carbocycles. The minimum atomic E-state index is -1.10.